The summed E-state index contributed by atoms with van der Waals surface area (Å²) in [5.74, 6) is -0.271. The number of aromatic nitrogens is 3. The molecule has 0 saturated heterocycles. The molecule has 3 aromatic rings. The number of nitrogens with zero attached hydrogens (tertiary/aromatic N) is 3. The summed E-state index contributed by atoms with van der Waals surface area (Å²) < 4.78 is 2.52. The van der Waals surface area contributed by atoms with Crippen LogP contribution in [-0.4, -0.2) is 20.7 Å². The van der Waals surface area contributed by atoms with Crippen LogP contribution in [0.15, 0.2) is 49.1 Å². The van der Waals surface area contributed by atoms with Gasteiger partial charge in [0.25, 0.3) is 5.91 Å². The van der Waals surface area contributed by atoms with Gasteiger partial charge in [0.1, 0.15) is 17.0 Å². The van der Waals surface area contributed by atoms with Crippen LogP contribution >= 0.6 is 34.5 Å². The van der Waals surface area contributed by atoms with Crippen molar-refractivity contribution in [2.45, 2.75) is 12.6 Å². The van der Waals surface area contributed by atoms with Crippen LogP contribution in [0.5, 0.6) is 0 Å². The molecule has 23 heavy (non-hydrogen) atoms. The first-order valence-corrected chi connectivity index (χ1v) is 8.34. The second-order valence-corrected chi connectivity index (χ2v) is 7.08. The minimum atomic E-state index is -0.271. The molecule has 0 aliphatic carbocycles. The molecular weight excluding hydrogens is 355 g/mol. The number of hydrogen-bond acceptors (Lipinski definition) is 4. The molecule has 0 unspecified atom stereocenters. The van der Waals surface area contributed by atoms with Gasteiger partial charge in [0.05, 0.1) is 22.5 Å². The van der Waals surface area contributed by atoms with E-state index in [9.17, 15) is 4.79 Å². The number of halogens is 2. The molecule has 0 bridgehead atoms. The van der Waals surface area contributed by atoms with Crippen molar-refractivity contribution in [3.05, 3.63) is 68.9 Å². The molecule has 3 rings (SSSR count). The predicted molar refractivity (Wildman–Crippen MR) is 91.0 cm³/mol. The standard InChI is InChI=1S/C15H12Cl2N4OS/c16-13-6-11(14(17)23-13)15(22)20-12(7-21-9-18-8-19-21)10-4-2-1-3-5-10/h1-6,8-9,12H,7H2,(H,20,22)/t12-/m0/s1. The summed E-state index contributed by atoms with van der Waals surface area (Å²) in [4.78, 5) is 16.4. The first kappa shape index (κ1) is 16.0. The van der Waals surface area contributed by atoms with Gasteiger partial charge >= 0.3 is 0 Å². The summed E-state index contributed by atoms with van der Waals surface area (Å²) in [6, 6.07) is 11.0. The molecule has 1 N–H and O–H groups in total. The van der Waals surface area contributed by atoms with Gasteiger partial charge in [-0.15, -0.1) is 11.3 Å². The Kier molecular flexibility index (Phi) is 4.95. The highest BCUT2D eigenvalue weighted by Crippen LogP contribution is 2.31. The number of benzene rings is 1. The van der Waals surface area contributed by atoms with Gasteiger partial charge in [0.15, 0.2) is 0 Å². The summed E-state index contributed by atoms with van der Waals surface area (Å²) >= 11 is 13.1. The van der Waals surface area contributed by atoms with Crippen LogP contribution < -0.4 is 5.32 Å². The molecule has 8 heteroatoms. The minimum absolute atomic E-state index is 0.264. The lowest BCUT2D eigenvalue weighted by molar-refractivity contribution is 0.0932. The molecule has 0 saturated carbocycles. The van der Waals surface area contributed by atoms with Crippen molar-refractivity contribution < 1.29 is 4.79 Å². The highest BCUT2D eigenvalue weighted by atomic mass is 35.5. The van der Waals surface area contributed by atoms with Gasteiger partial charge in [-0.25, -0.2) is 4.98 Å². The topological polar surface area (TPSA) is 59.8 Å². The van der Waals surface area contributed by atoms with Crippen molar-refractivity contribution in [3.63, 3.8) is 0 Å². The Morgan fingerprint density at radius 2 is 2.09 bits per heavy atom. The lowest BCUT2D eigenvalue weighted by Crippen LogP contribution is -2.31. The second kappa shape index (κ2) is 7.12. The molecule has 118 valence electrons. The van der Waals surface area contributed by atoms with Gasteiger partial charge in [0, 0.05) is 0 Å². The number of rotatable bonds is 5. The van der Waals surface area contributed by atoms with Crippen LogP contribution in [0.25, 0.3) is 0 Å². The zero-order valence-electron chi connectivity index (χ0n) is 11.8. The van der Waals surface area contributed by atoms with E-state index in [1.54, 1.807) is 17.1 Å². The Balaban J connectivity index is 1.83. The number of hydrogen-bond donors (Lipinski definition) is 1. The van der Waals surface area contributed by atoms with Gasteiger partial charge in [-0.1, -0.05) is 53.5 Å². The summed E-state index contributed by atoms with van der Waals surface area (Å²) in [5.41, 5.74) is 1.34. The average Bonchev–Trinajstić information content (AvgIpc) is 3.17. The van der Waals surface area contributed by atoms with E-state index >= 15 is 0 Å². The maximum Gasteiger partial charge on any atom is 0.254 e. The third kappa shape index (κ3) is 3.90. The molecule has 2 heterocycles. The van der Waals surface area contributed by atoms with Crippen molar-refractivity contribution in [1.82, 2.24) is 20.1 Å². The largest absolute Gasteiger partial charge is 0.343 e. The highest BCUT2D eigenvalue weighted by molar-refractivity contribution is 7.20. The first-order valence-electron chi connectivity index (χ1n) is 6.76. The van der Waals surface area contributed by atoms with Crippen molar-refractivity contribution in [2.75, 3.05) is 0 Å². The van der Waals surface area contributed by atoms with Crippen LogP contribution in [0.3, 0.4) is 0 Å². The Labute approximate surface area is 146 Å². The van der Waals surface area contributed by atoms with Gasteiger partial charge < -0.3 is 5.32 Å². The van der Waals surface area contributed by atoms with Crippen LogP contribution in [-0.2, 0) is 6.54 Å². The first-order chi connectivity index (χ1) is 11.1. The Morgan fingerprint density at radius 3 is 2.70 bits per heavy atom. The number of thiophene rings is 1. The van der Waals surface area contributed by atoms with Crippen LogP contribution in [0.2, 0.25) is 8.67 Å². The van der Waals surface area contributed by atoms with E-state index in [-0.39, 0.29) is 11.9 Å². The van der Waals surface area contributed by atoms with Gasteiger partial charge in [-0.05, 0) is 11.6 Å². The maximum absolute atomic E-state index is 12.5. The predicted octanol–water partition coefficient (Wildman–Crippen LogP) is 3.82. The van der Waals surface area contributed by atoms with E-state index < -0.39 is 0 Å². The molecule has 0 aliphatic rings. The molecule has 2 aromatic heterocycles. The molecule has 1 amide bonds. The number of carbonyl (C=O) groups is 1. The summed E-state index contributed by atoms with van der Waals surface area (Å²) in [6.07, 6.45) is 3.07. The maximum atomic E-state index is 12.5. The summed E-state index contributed by atoms with van der Waals surface area (Å²) in [5, 5.41) is 7.07. The van der Waals surface area contributed by atoms with Gasteiger partial charge in [-0.2, -0.15) is 5.10 Å². The quantitative estimate of drug-likeness (QED) is 0.746. The fourth-order valence-electron chi connectivity index (χ4n) is 2.16. The highest BCUT2D eigenvalue weighted by Gasteiger charge is 2.20. The fraction of sp³-hybridized carbons (Fsp3) is 0.133. The monoisotopic (exact) mass is 366 g/mol. The van der Waals surface area contributed by atoms with E-state index in [4.69, 9.17) is 23.2 Å². The lowest BCUT2D eigenvalue weighted by atomic mass is 10.1. The third-order valence-electron chi connectivity index (χ3n) is 3.24. The van der Waals surface area contributed by atoms with Gasteiger partial charge in [0.2, 0.25) is 0 Å². The molecule has 5 nitrogen and oxygen atoms in total. The van der Waals surface area contributed by atoms with Crippen LogP contribution in [0.1, 0.15) is 22.0 Å². The van der Waals surface area contributed by atoms with Crippen molar-refractivity contribution in [3.8, 4) is 0 Å². The molecule has 0 aliphatic heterocycles. The third-order valence-corrected chi connectivity index (χ3v) is 4.73. The van der Waals surface area contributed by atoms with E-state index in [2.05, 4.69) is 15.4 Å². The smallest absolute Gasteiger partial charge is 0.254 e. The molecule has 1 aromatic carbocycles. The Hall–Kier alpha value is -1.89. The second-order valence-electron chi connectivity index (χ2n) is 4.79. The number of amides is 1. The van der Waals surface area contributed by atoms with Crippen molar-refractivity contribution >= 4 is 40.4 Å². The van der Waals surface area contributed by atoms with Crippen molar-refractivity contribution in [1.29, 1.82) is 0 Å². The Morgan fingerprint density at radius 1 is 1.30 bits per heavy atom. The SMILES string of the molecule is O=C(N[C@@H](Cn1cncn1)c1ccccc1)c1cc(Cl)sc1Cl. The molecule has 0 radical (unpaired) electrons. The molecule has 0 fully saturated rings. The zero-order valence-corrected chi connectivity index (χ0v) is 14.1. The fourth-order valence-corrected chi connectivity index (χ4v) is 3.62. The molecular formula is C15H12Cl2N4OS. The average molecular weight is 367 g/mol. The van der Waals surface area contributed by atoms with E-state index in [1.807, 2.05) is 30.3 Å². The van der Waals surface area contributed by atoms with E-state index in [0.29, 0.717) is 20.8 Å². The lowest BCUT2D eigenvalue weighted by Gasteiger charge is -2.19. The summed E-state index contributed by atoms with van der Waals surface area (Å²) in [7, 11) is 0. The summed E-state index contributed by atoms with van der Waals surface area (Å²) in [6.45, 7) is 0.464. The molecule has 0 spiro atoms. The van der Waals surface area contributed by atoms with Crippen LogP contribution in [0.4, 0.5) is 0 Å². The Bertz CT molecular complexity index is 789. The normalized spacial score (nSPS) is 12.1. The van der Waals surface area contributed by atoms with E-state index in [1.165, 1.54) is 17.7 Å². The van der Waals surface area contributed by atoms with Gasteiger partial charge in [-0.3, -0.25) is 9.48 Å². The zero-order chi connectivity index (χ0) is 16.2. The van der Waals surface area contributed by atoms with E-state index in [0.717, 1.165) is 5.56 Å². The number of nitrogens with one attached hydrogen (secondary N) is 1. The molecule has 1 atom stereocenters. The number of carbonyl (C=O) groups excluding carboxylic acids is 1. The van der Waals surface area contributed by atoms with Crippen LogP contribution in [0, 0.1) is 0 Å². The van der Waals surface area contributed by atoms with Crippen molar-refractivity contribution in [2.24, 2.45) is 0 Å². The minimum Gasteiger partial charge on any atom is -0.343 e.